The Hall–Kier alpha value is -1.62. The average Bonchev–Trinajstić information content (AvgIpc) is 2.50. The summed E-state index contributed by atoms with van der Waals surface area (Å²) in [6.07, 6.45) is 3.12. The fourth-order valence-electron chi connectivity index (χ4n) is 2.94. The lowest BCUT2D eigenvalue weighted by atomic mass is 9.78. The maximum absolute atomic E-state index is 13.0. The Morgan fingerprint density at radius 2 is 2.10 bits per heavy atom. The second-order valence-corrected chi connectivity index (χ2v) is 5.29. The molecule has 0 aromatic heterocycles. The van der Waals surface area contributed by atoms with Gasteiger partial charge in [-0.3, -0.25) is 0 Å². The molecule has 1 saturated carbocycles. The second kappa shape index (κ2) is 6.89. The van der Waals surface area contributed by atoms with Crippen LogP contribution in [0.2, 0.25) is 0 Å². The molecular weight excluding hydrogens is 273 g/mol. The Morgan fingerprint density at radius 1 is 1.38 bits per heavy atom. The first kappa shape index (κ1) is 15.8. The lowest BCUT2D eigenvalue weighted by molar-refractivity contribution is -0.156. The molecule has 2 unspecified atom stereocenters. The molecule has 0 spiro atoms. The number of esters is 1. The predicted octanol–water partition coefficient (Wildman–Crippen LogP) is 3.13. The van der Waals surface area contributed by atoms with Crippen molar-refractivity contribution in [3.05, 3.63) is 30.1 Å². The molecule has 1 aliphatic rings. The third kappa shape index (κ3) is 3.35. The normalized spacial score (nSPS) is 25.4. The van der Waals surface area contributed by atoms with Gasteiger partial charge in [-0.2, -0.15) is 0 Å². The van der Waals surface area contributed by atoms with Crippen LogP contribution in [0.25, 0.3) is 0 Å². The highest BCUT2D eigenvalue weighted by atomic mass is 19.1. The number of nitrogens with one attached hydrogen (secondary N) is 1. The molecule has 0 heterocycles. The van der Waals surface area contributed by atoms with E-state index in [2.05, 4.69) is 5.32 Å². The van der Waals surface area contributed by atoms with Gasteiger partial charge >= 0.3 is 5.97 Å². The summed E-state index contributed by atoms with van der Waals surface area (Å²) in [6.45, 7) is 2.11. The number of carbonyl (C=O) groups is 1. The SMILES string of the molecule is CCOC(=O)C1(Nc2ccc(F)cc2)CCCCC1OC. The van der Waals surface area contributed by atoms with Crippen LogP contribution in [0.1, 0.15) is 32.6 Å². The standard InChI is InChI=1S/C16H22FNO3/c1-3-21-15(19)16(11-5-4-6-14(16)20-2)18-13-9-7-12(17)8-10-13/h7-10,14,18H,3-6,11H2,1-2H3. The number of halogens is 1. The van der Waals surface area contributed by atoms with Gasteiger partial charge in [-0.1, -0.05) is 12.8 Å². The molecule has 1 N–H and O–H groups in total. The van der Waals surface area contributed by atoms with Gasteiger partial charge in [-0.25, -0.2) is 9.18 Å². The number of methoxy groups -OCH3 is 1. The molecule has 4 nitrogen and oxygen atoms in total. The number of hydrogen-bond donors (Lipinski definition) is 1. The Morgan fingerprint density at radius 3 is 2.71 bits per heavy atom. The van der Waals surface area contributed by atoms with Crippen molar-refractivity contribution in [1.29, 1.82) is 0 Å². The van der Waals surface area contributed by atoms with E-state index in [9.17, 15) is 9.18 Å². The number of hydrogen-bond acceptors (Lipinski definition) is 4. The van der Waals surface area contributed by atoms with Gasteiger partial charge in [0.1, 0.15) is 5.82 Å². The summed E-state index contributed by atoms with van der Waals surface area (Å²) in [4.78, 5) is 12.5. The van der Waals surface area contributed by atoms with Crippen LogP contribution in [0.4, 0.5) is 10.1 Å². The van der Waals surface area contributed by atoms with Crippen molar-refractivity contribution in [1.82, 2.24) is 0 Å². The minimum absolute atomic E-state index is 0.254. The second-order valence-electron chi connectivity index (χ2n) is 5.29. The minimum atomic E-state index is -0.902. The van der Waals surface area contributed by atoms with E-state index >= 15 is 0 Å². The molecule has 0 bridgehead atoms. The van der Waals surface area contributed by atoms with Crippen molar-refractivity contribution in [2.75, 3.05) is 19.0 Å². The summed E-state index contributed by atoms with van der Waals surface area (Å²) in [6, 6.07) is 5.98. The predicted molar refractivity (Wildman–Crippen MR) is 78.7 cm³/mol. The smallest absolute Gasteiger partial charge is 0.334 e. The van der Waals surface area contributed by atoms with Crippen LogP contribution in [-0.4, -0.2) is 31.3 Å². The van der Waals surface area contributed by atoms with Gasteiger partial charge in [-0.15, -0.1) is 0 Å². The fourth-order valence-corrected chi connectivity index (χ4v) is 2.94. The number of carbonyl (C=O) groups excluding carboxylic acids is 1. The van der Waals surface area contributed by atoms with E-state index < -0.39 is 5.54 Å². The molecule has 1 aromatic carbocycles. The summed E-state index contributed by atoms with van der Waals surface area (Å²) in [5, 5.41) is 3.24. The van der Waals surface area contributed by atoms with Gasteiger partial charge in [0, 0.05) is 12.8 Å². The maximum Gasteiger partial charge on any atom is 0.334 e. The van der Waals surface area contributed by atoms with Gasteiger partial charge in [0.25, 0.3) is 0 Å². The van der Waals surface area contributed by atoms with E-state index in [0.717, 1.165) is 19.3 Å². The average molecular weight is 295 g/mol. The first-order valence-corrected chi connectivity index (χ1v) is 7.36. The van der Waals surface area contributed by atoms with Crippen molar-refractivity contribution in [2.45, 2.75) is 44.2 Å². The van der Waals surface area contributed by atoms with E-state index in [1.807, 2.05) is 0 Å². The van der Waals surface area contributed by atoms with Gasteiger partial charge in [-0.05, 0) is 44.0 Å². The number of benzene rings is 1. The molecule has 0 amide bonds. The van der Waals surface area contributed by atoms with Crippen LogP contribution in [0, 0.1) is 5.82 Å². The third-order valence-corrected chi connectivity index (χ3v) is 3.97. The fraction of sp³-hybridized carbons (Fsp3) is 0.562. The van der Waals surface area contributed by atoms with Gasteiger partial charge < -0.3 is 14.8 Å². The van der Waals surface area contributed by atoms with Gasteiger partial charge in [0.15, 0.2) is 5.54 Å². The number of anilines is 1. The number of rotatable bonds is 5. The zero-order chi connectivity index (χ0) is 15.3. The highest BCUT2D eigenvalue weighted by molar-refractivity contribution is 5.85. The van der Waals surface area contributed by atoms with E-state index in [4.69, 9.17) is 9.47 Å². The molecule has 1 aliphatic carbocycles. The first-order valence-electron chi connectivity index (χ1n) is 7.36. The molecule has 21 heavy (non-hydrogen) atoms. The maximum atomic E-state index is 13.0. The minimum Gasteiger partial charge on any atom is -0.464 e. The van der Waals surface area contributed by atoms with Gasteiger partial charge in [0.05, 0.1) is 12.7 Å². The van der Waals surface area contributed by atoms with E-state index in [-0.39, 0.29) is 17.9 Å². The molecule has 1 fully saturated rings. The van der Waals surface area contributed by atoms with Crippen molar-refractivity contribution < 1.29 is 18.7 Å². The first-order chi connectivity index (χ1) is 10.1. The zero-order valence-electron chi connectivity index (χ0n) is 12.5. The largest absolute Gasteiger partial charge is 0.464 e. The Balaban J connectivity index is 2.30. The van der Waals surface area contributed by atoms with E-state index in [1.54, 1.807) is 26.2 Å². The monoisotopic (exact) mass is 295 g/mol. The summed E-state index contributed by atoms with van der Waals surface area (Å²) >= 11 is 0. The van der Waals surface area contributed by atoms with Crippen molar-refractivity contribution in [3.63, 3.8) is 0 Å². The molecule has 116 valence electrons. The third-order valence-electron chi connectivity index (χ3n) is 3.97. The molecule has 0 aliphatic heterocycles. The molecule has 2 rings (SSSR count). The van der Waals surface area contributed by atoms with Crippen LogP contribution in [0.5, 0.6) is 0 Å². The highest BCUT2D eigenvalue weighted by Gasteiger charge is 2.49. The van der Waals surface area contributed by atoms with E-state index in [0.29, 0.717) is 18.7 Å². The summed E-state index contributed by atoms with van der Waals surface area (Å²) < 4.78 is 23.8. The molecule has 5 heteroatoms. The summed E-state index contributed by atoms with van der Waals surface area (Å²) in [7, 11) is 1.61. The lowest BCUT2D eigenvalue weighted by Crippen LogP contribution is -2.58. The Bertz CT molecular complexity index is 477. The van der Waals surface area contributed by atoms with Gasteiger partial charge in [0.2, 0.25) is 0 Å². The van der Waals surface area contributed by atoms with Crippen molar-refractivity contribution in [2.24, 2.45) is 0 Å². The summed E-state index contributed by atoms with van der Waals surface area (Å²) in [5.74, 6) is -0.612. The van der Waals surface area contributed by atoms with Crippen LogP contribution >= 0.6 is 0 Å². The molecular formula is C16H22FNO3. The molecule has 0 saturated heterocycles. The van der Waals surface area contributed by atoms with Crippen molar-refractivity contribution >= 4 is 11.7 Å². The lowest BCUT2D eigenvalue weighted by Gasteiger charge is -2.42. The molecule has 1 aromatic rings. The molecule has 0 radical (unpaired) electrons. The van der Waals surface area contributed by atoms with Crippen molar-refractivity contribution in [3.8, 4) is 0 Å². The molecule has 2 atom stereocenters. The zero-order valence-corrected chi connectivity index (χ0v) is 12.5. The van der Waals surface area contributed by atoms with E-state index in [1.165, 1.54) is 12.1 Å². The highest BCUT2D eigenvalue weighted by Crippen LogP contribution is 2.35. The number of ether oxygens (including phenoxy) is 2. The van der Waals surface area contributed by atoms with Crippen LogP contribution in [0.15, 0.2) is 24.3 Å². The van der Waals surface area contributed by atoms with Crippen LogP contribution in [0.3, 0.4) is 0 Å². The Kier molecular flexibility index (Phi) is 5.17. The Labute approximate surface area is 124 Å². The van der Waals surface area contributed by atoms with Crippen LogP contribution < -0.4 is 5.32 Å². The quantitative estimate of drug-likeness (QED) is 0.848. The van der Waals surface area contributed by atoms with Crippen LogP contribution in [-0.2, 0) is 14.3 Å². The topological polar surface area (TPSA) is 47.6 Å². The summed E-state index contributed by atoms with van der Waals surface area (Å²) in [5.41, 5.74) is -0.214.